The first kappa shape index (κ1) is 18.8. The van der Waals surface area contributed by atoms with Crippen molar-refractivity contribution in [3.8, 4) is 17.6 Å². The summed E-state index contributed by atoms with van der Waals surface area (Å²) in [6.07, 6.45) is 2.26. The lowest BCUT2D eigenvalue weighted by molar-refractivity contribution is -0.142. The van der Waals surface area contributed by atoms with Crippen molar-refractivity contribution in [3.05, 3.63) is 29.8 Å². The van der Waals surface area contributed by atoms with Crippen LogP contribution in [0.4, 0.5) is 0 Å². The van der Waals surface area contributed by atoms with Gasteiger partial charge in [0.15, 0.2) is 5.41 Å². The molecule has 1 N–H and O–H groups in total. The Hall–Kier alpha value is -2.52. The van der Waals surface area contributed by atoms with Gasteiger partial charge in [0.2, 0.25) is 0 Å². The third-order valence-electron chi connectivity index (χ3n) is 3.95. The molecule has 25 heavy (non-hydrogen) atoms. The Balaban J connectivity index is 2.58. The second-order valence-electron chi connectivity index (χ2n) is 5.59. The molecule has 0 aliphatic carbocycles. The van der Waals surface area contributed by atoms with Crippen LogP contribution in [0.5, 0.6) is 11.5 Å². The van der Waals surface area contributed by atoms with Crippen molar-refractivity contribution >= 4 is 28.9 Å². The van der Waals surface area contributed by atoms with Crippen molar-refractivity contribution < 1.29 is 19.4 Å². The minimum atomic E-state index is -1.75. The second kappa shape index (κ2) is 8.04. The fourth-order valence-corrected chi connectivity index (χ4v) is 2.66. The maximum absolute atomic E-state index is 11.9. The van der Waals surface area contributed by atoms with Crippen molar-refractivity contribution in [2.24, 2.45) is 10.4 Å². The van der Waals surface area contributed by atoms with Crippen LogP contribution in [0.2, 0.25) is 0 Å². The number of carbonyl (C=O) groups is 1. The number of aliphatic imine (C=N–C) groups is 1. The van der Waals surface area contributed by atoms with Gasteiger partial charge in [0, 0.05) is 23.2 Å². The van der Waals surface area contributed by atoms with Gasteiger partial charge in [0.05, 0.1) is 26.3 Å². The number of alkyl halides is 1. The first-order chi connectivity index (χ1) is 12.0. The van der Waals surface area contributed by atoms with Gasteiger partial charge in [-0.3, -0.25) is 9.79 Å². The average molecular weight is 363 g/mol. The van der Waals surface area contributed by atoms with E-state index in [9.17, 15) is 15.2 Å². The molecule has 2 rings (SSSR count). The molecule has 1 aliphatic heterocycles. The number of halogens is 1. The maximum Gasteiger partial charge on any atom is 0.330 e. The van der Waals surface area contributed by atoms with E-state index in [0.717, 1.165) is 0 Å². The van der Waals surface area contributed by atoms with Crippen LogP contribution in [-0.4, -0.2) is 42.9 Å². The van der Waals surface area contributed by atoms with Gasteiger partial charge in [-0.2, -0.15) is 5.26 Å². The summed E-state index contributed by atoms with van der Waals surface area (Å²) in [5.41, 5.74) is -0.199. The Morgan fingerprint density at radius 3 is 2.88 bits per heavy atom. The summed E-state index contributed by atoms with van der Waals surface area (Å²) in [4.78, 5) is 16.0. The molecular weight excluding hydrogens is 344 g/mol. The van der Waals surface area contributed by atoms with Gasteiger partial charge < -0.3 is 14.6 Å². The fourth-order valence-electron chi connectivity index (χ4n) is 2.55. The van der Waals surface area contributed by atoms with Crippen LogP contribution in [0.15, 0.2) is 29.3 Å². The van der Waals surface area contributed by atoms with Gasteiger partial charge >= 0.3 is 5.97 Å². The number of nitriles is 1. The lowest BCUT2D eigenvalue weighted by Crippen LogP contribution is -2.36. The molecule has 0 aromatic heterocycles. The number of rotatable bonds is 7. The number of allylic oxidation sites excluding steroid dienone is 1. The van der Waals surface area contributed by atoms with Gasteiger partial charge in [0.1, 0.15) is 11.5 Å². The summed E-state index contributed by atoms with van der Waals surface area (Å²) in [7, 11) is 1.53. The number of hydrogen-bond acceptors (Lipinski definition) is 5. The van der Waals surface area contributed by atoms with Crippen molar-refractivity contribution in [3.63, 3.8) is 0 Å². The molecule has 1 aromatic rings. The maximum atomic E-state index is 11.9. The molecule has 0 saturated carbocycles. The number of ether oxygens (including phenoxy) is 2. The molecule has 0 amide bonds. The van der Waals surface area contributed by atoms with E-state index in [-0.39, 0.29) is 6.54 Å². The van der Waals surface area contributed by atoms with E-state index in [1.807, 2.05) is 6.07 Å². The van der Waals surface area contributed by atoms with Crippen LogP contribution in [0.3, 0.4) is 0 Å². The van der Waals surface area contributed by atoms with Crippen LogP contribution in [0, 0.1) is 16.7 Å². The third-order valence-corrected chi connectivity index (χ3v) is 4.22. The molecule has 1 heterocycles. The molecule has 0 saturated heterocycles. The van der Waals surface area contributed by atoms with E-state index in [0.29, 0.717) is 47.3 Å². The topological polar surface area (TPSA) is 91.9 Å². The summed E-state index contributed by atoms with van der Waals surface area (Å²) >= 11 is 5.69. The molecule has 1 unspecified atom stereocenters. The Bertz CT molecular complexity index is 767. The highest BCUT2D eigenvalue weighted by Crippen LogP contribution is 2.42. The first-order valence-corrected chi connectivity index (χ1v) is 8.27. The Kier molecular flexibility index (Phi) is 6.05. The average Bonchev–Trinajstić information content (AvgIpc) is 2.61. The molecule has 1 aromatic carbocycles. The highest BCUT2D eigenvalue weighted by atomic mass is 35.5. The van der Waals surface area contributed by atoms with E-state index >= 15 is 0 Å². The smallest absolute Gasteiger partial charge is 0.330 e. The van der Waals surface area contributed by atoms with Crippen LogP contribution < -0.4 is 9.47 Å². The normalized spacial score (nSPS) is 19.4. The van der Waals surface area contributed by atoms with E-state index in [4.69, 9.17) is 21.1 Å². The third kappa shape index (κ3) is 3.77. The van der Waals surface area contributed by atoms with Crippen molar-refractivity contribution in [1.29, 1.82) is 5.26 Å². The minimum absolute atomic E-state index is 0.135. The standard InChI is InChI=1S/C18H19ClN2O4/c1-12-8-15(18(10-20,11-21-12)17(22)23)14-5-4-13(24-2)9-16(14)25-7-3-6-19/h4-5,8-9H,3,6-7,11H2,1-2H3,(H,22,23). The lowest BCUT2D eigenvalue weighted by Gasteiger charge is -2.28. The molecule has 132 valence electrons. The van der Waals surface area contributed by atoms with Crippen LogP contribution in [0.1, 0.15) is 18.9 Å². The molecule has 1 aliphatic rings. The summed E-state index contributed by atoms with van der Waals surface area (Å²) in [5, 5.41) is 19.3. The Morgan fingerprint density at radius 1 is 1.52 bits per heavy atom. The SMILES string of the molecule is COc1ccc(C2=CC(C)=NCC2(C#N)C(=O)O)c(OCCCCl)c1. The number of dihydropyridines is 1. The van der Waals surface area contributed by atoms with Gasteiger partial charge in [0.25, 0.3) is 0 Å². The zero-order valence-electron chi connectivity index (χ0n) is 14.1. The summed E-state index contributed by atoms with van der Waals surface area (Å²) < 4.78 is 11.0. The largest absolute Gasteiger partial charge is 0.497 e. The van der Waals surface area contributed by atoms with E-state index in [1.54, 1.807) is 31.2 Å². The molecule has 0 spiro atoms. The zero-order chi connectivity index (χ0) is 18.4. The number of hydrogen-bond donors (Lipinski definition) is 1. The van der Waals surface area contributed by atoms with Crippen LogP contribution in [-0.2, 0) is 4.79 Å². The predicted molar refractivity (Wildman–Crippen MR) is 95.5 cm³/mol. The van der Waals surface area contributed by atoms with Crippen molar-refractivity contribution in [2.75, 3.05) is 26.1 Å². The van der Waals surface area contributed by atoms with E-state index in [1.165, 1.54) is 7.11 Å². The molecule has 0 bridgehead atoms. The lowest BCUT2D eigenvalue weighted by atomic mass is 9.75. The van der Waals surface area contributed by atoms with E-state index in [2.05, 4.69) is 4.99 Å². The van der Waals surface area contributed by atoms with Crippen molar-refractivity contribution in [2.45, 2.75) is 13.3 Å². The molecule has 6 nitrogen and oxygen atoms in total. The molecule has 1 atom stereocenters. The molecule has 0 fully saturated rings. The van der Waals surface area contributed by atoms with Gasteiger partial charge in [-0.25, -0.2) is 0 Å². The molecular formula is C18H19ClN2O4. The van der Waals surface area contributed by atoms with Gasteiger partial charge in [-0.05, 0) is 37.1 Å². The Labute approximate surface area is 151 Å². The predicted octanol–water partition coefficient (Wildman–Crippen LogP) is 3.16. The van der Waals surface area contributed by atoms with Crippen molar-refractivity contribution in [1.82, 2.24) is 0 Å². The van der Waals surface area contributed by atoms with Crippen LogP contribution in [0.25, 0.3) is 5.57 Å². The summed E-state index contributed by atoms with van der Waals surface area (Å²) in [6.45, 7) is 2.00. The summed E-state index contributed by atoms with van der Waals surface area (Å²) in [6, 6.07) is 7.01. The highest BCUT2D eigenvalue weighted by Gasteiger charge is 2.46. The number of aliphatic carboxylic acids is 1. The monoisotopic (exact) mass is 362 g/mol. The number of carboxylic acid groups (broad SMARTS) is 1. The Morgan fingerprint density at radius 2 is 2.28 bits per heavy atom. The number of benzene rings is 1. The number of methoxy groups -OCH3 is 1. The van der Waals surface area contributed by atoms with Gasteiger partial charge in [-0.1, -0.05) is 0 Å². The zero-order valence-corrected chi connectivity index (χ0v) is 14.8. The highest BCUT2D eigenvalue weighted by molar-refractivity contribution is 6.17. The summed E-state index contributed by atoms with van der Waals surface area (Å²) in [5.74, 6) is 0.237. The number of nitrogens with zero attached hydrogens (tertiary/aromatic N) is 2. The molecule has 0 radical (unpaired) electrons. The minimum Gasteiger partial charge on any atom is -0.497 e. The fraction of sp³-hybridized carbons (Fsp3) is 0.389. The van der Waals surface area contributed by atoms with Gasteiger partial charge in [-0.15, -0.1) is 11.6 Å². The van der Waals surface area contributed by atoms with Crippen LogP contribution >= 0.6 is 11.6 Å². The van der Waals surface area contributed by atoms with E-state index < -0.39 is 11.4 Å². The number of carboxylic acids is 1. The first-order valence-electron chi connectivity index (χ1n) is 7.73. The second-order valence-corrected chi connectivity index (χ2v) is 5.97. The molecule has 7 heteroatoms. The quantitative estimate of drug-likeness (QED) is 0.594.